The van der Waals surface area contributed by atoms with Crippen LogP contribution in [0.3, 0.4) is 0 Å². The quantitative estimate of drug-likeness (QED) is 0.614. The van der Waals surface area contributed by atoms with E-state index in [4.69, 9.17) is 5.73 Å². The smallest absolute Gasteiger partial charge is 0.337 e. The number of anilines is 1. The van der Waals surface area contributed by atoms with Crippen molar-refractivity contribution in [1.82, 2.24) is 14.1 Å². The molecule has 0 saturated carbocycles. The Labute approximate surface area is 146 Å². The third kappa shape index (κ3) is 2.64. The van der Waals surface area contributed by atoms with Gasteiger partial charge in [0.15, 0.2) is 5.65 Å². The number of pyridine rings is 1. The van der Waals surface area contributed by atoms with Crippen molar-refractivity contribution in [2.45, 2.75) is 6.54 Å². The summed E-state index contributed by atoms with van der Waals surface area (Å²) in [5.41, 5.74) is 5.88. The van der Waals surface area contributed by atoms with E-state index in [0.717, 1.165) is 4.88 Å². The van der Waals surface area contributed by atoms with Gasteiger partial charge in [0, 0.05) is 4.88 Å². The molecule has 0 bridgehead atoms. The number of hydrogen-bond acceptors (Lipinski definition) is 5. The average Bonchev–Trinajstić information content (AvgIpc) is 3.13. The minimum absolute atomic E-state index is 0.225. The second-order valence-electron chi connectivity index (χ2n) is 5.53. The molecule has 1 aromatic carbocycles. The lowest BCUT2D eigenvalue weighted by Crippen LogP contribution is -2.40. The van der Waals surface area contributed by atoms with Gasteiger partial charge in [0.05, 0.1) is 17.6 Å². The van der Waals surface area contributed by atoms with Gasteiger partial charge in [0.1, 0.15) is 5.82 Å². The summed E-state index contributed by atoms with van der Waals surface area (Å²) in [5.74, 6) is 0.256. The fraction of sp³-hybridized carbons (Fsp3) is 0.0556. The van der Waals surface area contributed by atoms with Gasteiger partial charge in [-0.15, -0.1) is 11.3 Å². The summed E-state index contributed by atoms with van der Waals surface area (Å²) in [4.78, 5) is 31.1. The molecule has 3 heterocycles. The van der Waals surface area contributed by atoms with Crippen LogP contribution in [0.4, 0.5) is 5.82 Å². The van der Waals surface area contributed by atoms with Crippen molar-refractivity contribution in [2.24, 2.45) is 0 Å². The van der Waals surface area contributed by atoms with E-state index in [0.29, 0.717) is 11.1 Å². The molecule has 4 rings (SSSR count). The van der Waals surface area contributed by atoms with Crippen molar-refractivity contribution in [3.63, 3.8) is 0 Å². The van der Waals surface area contributed by atoms with Crippen LogP contribution in [-0.2, 0) is 6.54 Å². The fourth-order valence-corrected chi connectivity index (χ4v) is 3.44. The van der Waals surface area contributed by atoms with Gasteiger partial charge in [-0.2, -0.15) is 0 Å². The first-order valence-corrected chi connectivity index (χ1v) is 8.53. The van der Waals surface area contributed by atoms with Crippen LogP contribution in [0.25, 0.3) is 16.7 Å². The van der Waals surface area contributed by atoms with Crippen LogP contribution in [0.15, 0.2) is 69.6 Å². The van der Waals surface area contributed by atoms with Crippen molar-refractivity contribution >= 4 is 28.2 Å². The minimum Gasteiger partial charge on any atom is -0.384 e. The first kappa shape index (κ1) is 15.3. The molecule has 7 heteroatoms. The van der Waals surface area contributed by atoms with Crippen LogP contribution in [0.5, 0.6) is 0 Å². The molecule has 0 aliphatic heterocycles. The number of thiophene rings is 1. The van der Waals surface area contributed by atoms with E-state index in [-0.39, 0.29) is 23.6 Å². The van der Waals surface area contributed by atoms with Gasteiger partial charge < -0.3 is 5.73 Å². The Morgan fingerprint density at radius 3 is 2.52 bits per heavy atom. The number of rotatable bonds is 3. The summed E-state index contributed by atoms with van der Waals surface area (Å²) in [6, 6.07) is 16.1. The zero-order valence-corrected chi connectivity index (χ0v) is 13.9. The second-order valence-corrected chi connectivity index (χ2v) is 6.56. The number of fused-ring (bicyclic) bond motifs is 1. The Balaban J connectivity index is 2.09. The highest BCUT2D eigenvalue weighted by Crippen LogP contribution is 2.15. The van der Waals surface area contributed by atoms with E-state index in [9.17, 15) is 9.59 Å². The zero-order valence-electron chi connectivity index (χ0n) is 13.1. The van der Waals surface area contributed by atoms with Gasteiger partial charge in [-0.25, -0.2) is 14.3 Å². The Morgan fingerprint density at radius 2 is 1.80 bits per heavy atom. The highest BCUT2D eigenvalue weighted by molar-refractivity contribution is 7.09. The molecule has 25 heavy (non-hydrogen) atoms. The minimum atomic E-state index is -0.435. The molecule has 0 saturated heterocycles. The highest BCUT2D eigenvalue weighted by Gasteiger charge is 2.16. The predicted molar refractivity (Wildman–Crippen MR) is 99.4 cm³/mol. The molecule has 0 amide bonds. The summed E-state index contributed by atoms with van der Waals surface area (Å²) in [6.07, 6.45) is 0. The third-order valence-electron chi connectivity index (χ3n) is 3.91. The zero-order chi connectivity index (χ0) is 17.4. The number of aromatic nitrogens is 3. The topological polar surface area (TPSA) is 82.9 Å². The van der Waals surface area contributed by atoms with Crippen molar-refractivity contribution in [3.8, 4) is 5.69 Å². The molecule has 0 aliphatic carbocycles. The average molecular weight is 350 g/mol. The molecular formula is C18H14N4O2S. The number of benzene rings is 1. The summed E-state index contributed by atoms with van der Waals surface area (Å²) >= 11 is 1.50. The monoisotopic (exact) mass is 350 g/mol. The molecule has 0 spiro atoms. The Morgan fingerprint density at radius 1 is 1.00 bits per heavy atom. The summed E-state index contributed by atoms with van der Waals surface area (Å²) in [5, 5.41) is 2.27. The maximum Gasteiger partial charge on any atom is 0.337 e. The highest BCUT2D eigenvalue weighted by atomic mass is 32.1. The molecule has 0 fully saturated rings. The SMILES string of the molecule is Nc1ccc2c(=O)n(Cc3cccs3)c(=O)n(-c3ccccc3)c2n1. The lowest BCUT2D eigenvalue weighted by Gasteiger charge is -2.13. The van der Waals surface area contributed by atoms with Crippen molar-refractivity contribution < 1.29 is 0 Å². The number of hydrogen-bond donors (Lipinski definition) is 1. The molecule has 124 valence electrons. The van der Waals surface area contributed by atoms with E-state index in [1.165, 1.54) is 20.5 Å². The van der Waals surface area contributed by atoms with Gasteiger partial charge in [-0.1, -0.05) is 24.3 Å². The van der Waals surface area contributed by atoms with Gasteiger partial charge in [0.2, 0.25) is 0 Å². The van der Waals surface area contributed by atoms with Gasteiger partial charge in [-0.05, 0) is 35.7 Å². The van der Waals surface area contributed by atoms with E-state index in [2.05, 4.69) is 4.98 Å². The van der Waals surface area contributed by atoms with E-state index in [1.807, 2.05) is 35.7 Å². The molecular weight excluding hydrogens is 336 g/mol. The fourth-order valence-electron chi connectivity index (χ4n) is 2.75. The van der Waals surface area contributed by atoms with Gasteiger partial charge in [-0.3, -0.25) is 9.36 Å². The number of nitrogens with zero attached hydrogens (tertiary/aromatic N) is 3. The molecule has 0 radical (unpaired) electrons. The maximum atomic E-state index is 13.1. The number of nitrogens with two attached hydrogens (primary N) is 1. The van der Waals surface area contributed by atoms with E-state index < -0.39 is 5.69 Å². The van der Waals surface area contributed by atoms with Crippen LogP contribution in [0.2, 0.25) is 0 Å². The Bertz CT molecular complexity index is 1160. The van der Waals surface area contributed by atoms with Crippen molar-refractivity contribution in [2.75, 3.05) is 5.73 Å². The van der Waals surface area contributed by atoms with Crippen LogP contribution < -0.4 is 17.0 Å². The largest absolute Gasteiger partial charge is 0.384 e. The Kier molecular flexibility index (Phi) is 3.70. The molecule has 0 aliphatic rings. The summed E-state index contributed by atoms with van der Waals surface area (Å²) in [6.45, 7) is 0.225. The Hall–Kier alpha value is -3.19. The lowest BCUT2D eigenvalue weighted by atomic mass is 10.2. The molecule has 3 aromatic heterocycles. The predicted octanol–water partition coefficient (Wildman–Crippen LogP) is 2.24. The van der Waals surface area contributed by atoms with Crippen LogP contribution in [0, 0.1) is 0 Å². The van der Waals surface area contributed by atoms with E-state index >= 15 is 0 Å². The molecule has 2 N–H and O–H groups in total. The van der Waals surface area contributed by atoms with Crippen molar-refractivity contribution in [3.05, 3.63) is 85.7 Å². The summed E-state index contributed by atoms with van der Waals surface area (Å²) < 4.78 is 2.67. The number of para-hydroxylation sites is 1. The summed E-state index contributed by atoms with van der Waals surface area (Å²) in [7, 11) is 0. The van der Waals surface area contributed by atoms with Crippen LogP contribution >= 0.6 is 11.3 Å². The maximum absolute atomic E-state index is 13.1. The molecule has 0 unspecified atom stereocenters. The molecule has 0 atom stereocenters. The van der Waals surface area contributed by atoms with Crippen LogP contribution in [0.1, 0.15) is 4.88 Å². The first-order valence-electron chi connectivity index (χ1n) is 7.65. The standard InChI is InChI=1S/C18H14N4O2S/c19-15-9-8-14-16(20-15)22(12-5-2-1-3-6-12)18(24)21(17(14)23)11-13-7-4-10-25-13/h1-10H,11H2,(H2,19,20). The third-order valence-corrected chi connectivity index (χ3v) is 4.78. The molecule has 4 aromatic rings. The van der Waals surface area contributed by atoms with Gasteiger partial charge in [0.25, 0.3) is 5.56 Å². The van der Waals surface area contributed by atoms with Crippen LogP contribution in [-0.4, -0.2) is 14.1 Å². The number of nitrogen functional groups attached to an aromatic ring is 1. The van der Waals surface area contributed by atoms with Gasteiger partial charge >= 0.3 is 5.69 Å². The first-order chi connectivity index (χ1) is 12.1. The molecule has 6 nitrogen and oxygen atoms in total. The normalized spacial score (nSPS) is 11.0. The van der Waals surface area contributed by atoms with E-state index in [1.54, 1.807) is 24.3 Å². The lowest BCUT2D eigenvalue weighted by molar-refractivity contribution is 0.689. The van der Waals surface area contributed by atoms with Crippen molar-refractivity contribution in [1.29, 1.82) is 0 Å². The second kappa shape index (κ2) is 6.03.